The lowest BCUT2D eigenvalue weighted by atomic mass is 9.74. The third-order valence-electron chi connectivity index (χ3n) is 7.54. The van der Waals surface area contributed by atoms with Gasteiger partial charge in [0.2, 0.25) is 5.91 Å². The van der Waals surface area contributed by atoms with Gasteiger partial charge in [0.15, 0.2) is 0 Å². The first-order valence-electron chi connectivity index (χ1n) is 12.4. The van der Waals surface area contributed by atoms with Gasteiger partial charge in [0, 0.05) is 5.25 Å². The highest BCUT2D eigenvalue weighted by Crippen LogP contribution is 2.60. The molecule has 2 aromatic carbocycles. The van der Waals surface area contributed by atoms with Crippen LogP contribution >= 0.6 is 11.8 Å². The summed E-state index contributed by atoms with van der Waals surface area (Å²) in [6.45, 7) is 0.118. The summed E-state index contributed by atoms with van der Waals surface area (Å²) >= 11 is 1.72. The highest BCUT2D eigenvalue weighted by atomic mass is 32.2. The Morgan fingerprint density at radius 2 is 1.81 bits per heavy atom. The van der Waals surface area contributed by atoms with Crippen molar-refractivity contribution in [3.8, 4) is 5.75 Å². The van der Waals surface area contributed by atoms with E-state index in [2.05, 4.69) is 5.32 Å². The number of rotatable bonds is 8. The Hall–Kier alpha value is -3.26. The number of ether oxygens (including phenoxy) is 2. The Labute approximate surface area is 214 Å². The standard InChI is InChI=1S/C28H28N2O5S/c1-34-19-11-7-17(8-12-19)15-35-28(33)24-21-14-20(18-9-10-18)25(21)36-27-23(26(32)30(24)27)29-22(31)13-16-5-3-2-4-6-16/h2-8,11-12,18,20,23,25,27H,9-10,13-15H2,1H3,(H,29,31)/t20-,23+,25-,27+/m0/s1. The van der Waals surface area contributed by atoms with Crippen molar-refractivity contribution in [3.05, 3.63) is 77.0 Å². The van der Waals surface area contributed by atoms with Crippen molar-refractivity contribution < 1.29 is 23.9 Å². The summed E-state index contributed by atoms with van der Waals surface area (Å²) in [4.78, 5) is 40.7. The first-order valence-corrected chi connectivity index (χ1v) is 13.3. The summed E-state index contributed by atoms with van der Waals surface area (Å²) in [6.07, 6.45) is 3.53. The highest BCUT2D eigenvalue weighted by Gasteiger charge is 2.61. The molecule has 3 fully saturated rings. The molecule has 7 nitrogen and oxygen atoms in total. The monoisotopic (exact) mass is 504 g/mol. The van der Waals surface area contributed by atoms with Crippen LogP contribution in [0.3, 0.4) is 0 Å². The van der Waals surface area contributed by atoms with Crippen LogP contribution in [0.25, 0.3) is 0 Å². The number of benzene rings is 2. The zero-order valence-electron chi connectivity index (χ0n) is 20.0. The summed E-state index contributed by atoms with van der Waals surface area (Å²) in [6, 6.07) is 16.2. The molecule has 2 saturated carbocycles. The molecule has 4 atom stereocenters. The SMILES string of the molecule is COc1ccc(COC(=O)C2=C3C[C@@H](C4CC4)[C@@H]3S[C@@H]3[C@H](NC(=O)Cc4ccccc4)C(=O)N23)cc1. The molecule has 2 aliphatic carbocycles. The molecular weight excluding hydrogens is 476 g/mol. The van der Waals surface area contributed by atoms with Crippen molar-refractivity contribution in [2.45, 2.75) is 49.0 Å². The maximum absolute atomic E-state index is 13.3. The van der Waals surface area contributed by atoms with E-state index >= 15 is 0 Å². The summed E-state index contributed by atoms with van der Waals surface area (Å²) in [5.41, 5.74) is 3.16. The number of β-lactam (4-membered cyclic amide) rings is 1. The van der Waals surface area contributed by atoms with Crippen molar-refractivity contribution in [1.29, 1.82) is 0 Å². The number of esters is 1. The van der Waals surface area contributed by atoms with Crippen LogP contribution < -0.4 is 10.1 Å². The van der Waals surface area contributed by atoms with Gasteiger partial charge in [0.05, 0.1) is 13.5 Å². The average Bonchev–Trinajstić information content (AvgIpc) is 3.72. The molecule has 0 radical (unpaired) electrons. The number of nitrogens with one attached hydrogen (secondary N) is 1. The number of thioether (sulfide) groups is 1. The third kappa shape index (κ3) is 4.17. The summed E-state index contributed by atoms with van der Waals surface area (Å²) in [7, 11) is 1.60. The number of carbonyl (C=O) groups is 3. The lowest BCUT2D eigenvalue weighted by Gasteiger charge is -2.56. The number of hydrogen-bond donors (Lipinski definition) is 1. The molecule has 6 rings (SSSR count). The van der Waals surface area contributed by atoms with Gasteiger partial charge in [-0.25, -0.2) is 4.79 Å². The minimum absolute atomic E-state index is 0.118. The van der Waals surface area contributed by atoms with Crippen LogP contribution in [0, 0.1) is 11.8 Å². The van der Waals surface area contributed by atoms with E-state index in [4.69, 9.17) is 9.47 Å². The topological polar surface area (TPSA) is 84.9 Å². The maximum Gasteiger partial charge on any atom is 0.355 e. The number of fused-ring (bicyclic) bond motifs is 2. The molecule has 1 saturated heterocycles. The van der Waals surface area contributed by atoms with E-state index in [1.807, 2.05) is 54.6 Å². The Kier molecular flexibility index (Phi) is 5.99. The Morgan fingerprint density at radius 1 is 1.06 bits per heavy atom. The second-order valence-electron chi connectivity index (χ2n) is 9.87. The Balaban J connectivity index is 1.17. The molecule has 1 N–H and O–H groups in total. The van der Waals surface area contributed by atoms with Gasteiger partial charge in [-0.05, 0) is 59.9 Å². The van der Waals surface area contributed by atoms with Crippen molar-refractivity contribution in [2.75, 3.05) is 7.11 Å². The third-order valence-corrected chi connectivity index (χ3v) is 9.23. The highest BCUT2D eigenvalue weighted by molar-refractivity contribution is 8.01. The molecule has 186 valence electrons. The van der Waals surface area contributed by atoms with E-state index < -0.39 is 12.0 Å². The van der Waals surface area contributed by atoms with Crippen LogP contribution in [-0.4, -0.2) is 46.5 Å². The molecule has 36 heavy (non-hydrogen) atoms. The first-order chi connectivity index (χ1) is 17.5. The quantitative estimate of drug-likeness (QED) is 0.438. The minimum atomic E-state index is -0.627. The molecule has 2 aliphatic heterocycles. The number of amides is 2. The van der Waals surface area contributed by atoms with Crippen LogP contribution in [-0.2, 0) is 32.1 Å². The fraction of sp³-hybridized carbons (Fsp3) is 0.393. The predicted molar refractivity (Wildman–Crippen MR) is 135 cm³/mol. The van der Waals surface area contributed by atoms with Crippen LogP contribution in [0.2, 0.25) is 0 Å². The normalized spacial score (nSPS) is 26.2. The van der Waals surface area contributed by atoms with E-state index in [0.717, 1.165) is 28.9 Å². The maximum atomic E-state index is 13.3. The molecule has 0 spiro atoms. The molecule has 4 aliphatic rings. The number of carbonyl (C=O) groups excluding carboxylic acids is 3. The van der Waals surface area contributed by atoms with E-state index in [9.17, 15) is 14.4 Å². The molecule has 2 aromatic rings. The molecule has 8 heteroatoms. The van der Waals surface area contributed by atoms with Gasteiger partial charge in [0.1, 0.15) is 29.5 Å². The first kappa shape index (κ1) is 23.2. The zero-order valence-corrected chi connectivity index (χ0v) is 20.8. The average molecular weight is 505 g/mol. The fourth-order valence-corrected chi connectivity index (χ4v) is 7.25. The molecule has 0 unspecified atom stereocenters. The van der Waals surface area contributed by atoms with E-state index in [0.29, 0.717) is 17.5 Å². The second kappa shape index (κ2) is 9.32. The minimum Gasteiger partial charge on any atom is -0.497 e. The number of hydrogen-bond acceptors (Lipinski definition) is 6. The second-order valence-corrected chi connectivity index (χ2v) is 11.1. The lowest BCUT2D eigenvalue weighted by molar-refractivity contribution is -0.153. The largest absolute Gasteiger partial charge is 0.497 e. The van der Waals surface area contributed by atoms with Gasteiger partial charge in [-0.2, -0.15) is 0 Å². The lowest BCUT2D eigenvalue weighted by Crippen LogP contribution is -2.72. The smallest absolute Gasteiger partial charge is 0.355 e. The van der Waals surface area contributed by atoms with Gasteiger partial charge >= 0.3 is 5.97 Å². The van der Waals surface area contributed by atoms with Crippen LogP contribution in [0.1, 0.15) is 30.4 Å². The van der Waals surface area contributed by atoms with Crippen LogP contribution in [0.4, 0.5) is 0 Å². The molecule has 2 heterocycles. The van der Waals surface area contributed by atoms with Crippen molar-refractivity contribution in [2.24, 2.45) is 11.8 Å². The Morgan fingerprint density at radius 3 is 2.50 bits per heavy atom. The van der Waals surface area contributed by atoms with Crippen molar-refractivity contribution >= 4 is 29.5 Å². The molecule has 0 aromatic heterocycles. The van der Waals surface area contributed by atoms with E-state index in [-0.39, 0.29) is 35.5 Å². The number of nitrogens with zero attached hydrogens (tertiary/aromatic N) is 1. The Bertz CT molecular complexity index is 1220. The van der Waals surface area contributed by atoms with Gasteiger partial charge in [0.25, 0.3) is 5.91 Å². The van der Waals surface area contributed by atoms with Crippen LogP contribution in [0.5, 0.6) is 5.75 Å². The fourth-order valence-electron chi connectivity index (χ4n) is 5.38. The summed E-state index contributed by atoms with van der Waals surface area (Å²) in [5, 5.41) is 2.85. The van der Waals surface area contributed by atoms with Gasteiger partial charge in [-0.1, -0.05) is 42.5 Å². The van der Waals surface area contributed by atoms with E-state index in [1.54, 1.807) is 23.8 Å². The molecular formula is C28H28N2O5S. The van der Waals surface area contributed by atoms with Crippen LogP contribution in [0.15, 0.2) is 65.9 Å². The zero-order chi connectivity index (χ0) is 24.8. The predicted octanol–water partition coefficient (Wildman–Crippen LogP) is 3.43. The number of methoxy groups -OCH3 is 1. The van der Waals surface area contributed by atoms with Gasteiger partial charge in [-0.15, -0.1) is 11.8 Å². The van der Waals surface area contributed by atoms with Crippen molar-refractivity contribution in [1.82, 2.24) is 10.2 Å². The molecule has 0 bridgehead atoms. The van der Waals surface area contributed by atoms with Gasteiger partial charge in [-0.3, -0.25) is 14.5 Å². The van der Waals surface area contributed by atoms with Gasteiger partial charge < -0.3 is 14.8 Å². The van der Waals surface area contributed by atoms with E-state index in [1.165, 1.54) is 12.8 Å². The molecule has 2 amide bonds. The summed E-state index contributed by atoms with van der Waals surface area (Å²) < 4.78 is 10.9. The van der Waals surface area contributed by atoms with Crippen molar-refractivity contribution in [3.63, 3.8) is 0 Å². The summed E-state index contributed by atoms with van der Waals surface area (Å²) in [5.74, 6) is 1.07.